The van der Waals surface area contributed by atoms with Gasteiger partial charge >= 0.3 is 29.6 Å². The van der Waals surface area contributed by atoms with Crippen LogP contribution in [0.5, 0.6) is 0 Å². The molecule has 2 aromatic rings. The van der Waals surface area contributed by atoms with E-state index in [0.717, 1.165) is 11.1 Å². The van der Waals surface area contributed by atoms with E-state index in [9.17, 15) is 18.8 Å². The van der Waals surface area contributed by atoms with Crippen LogP contribution in [-0.4, -0.2) is 63.0 Å². The molecule has 0 aromatic heterocycles. The molecule has 1 fully saturated rings. The van der Waals surface area contributed by atoms with Crippen molar-refractivity contribution in [1.82, 2.24) is 9.31 Å². The molecule has 1 saturated heterocycles. The van der Waals surface area contributed by atoms with Gasteiger partial charge in [0, 0.05) is 48.6 Å². The number of fused-ring (bicyclic) bond motifs is 1. The van der Waals surface area contributed by atoms with Crippen molar-refractivity contribution in [2.45, 2.75) is 4.90 Å². The van der Waals surface area contributed by atoms with Crippen LogP contribution < -0.4 is 34.5 Å². The Hall–Kier alpha value is -1.59. The third kappa shape index (κ3) is 4.14. The molecule has 9 nitrogen and oxygen atoms in total. The van der Waals surface area contributed by atoms with E-state index >= 15 is 0 Å². The standard InChI is InChI=1S/C16H21N5O4S.Na/c1-18(2)15-7-3-6-14-13(15)5-4-8-16(14)26(24,25)20-11-9-19(10-12-20)21(23)17-22;/h3-8,22H,9-12H2,1-2H3;/q;+1/p-1/b21-17-;. The van der Waals surface area contributed by atoms with Gasteiger partial charge in [-0.2, -0.15) is 4.31 Å². The zero-order valence-electron chi connectivity index (χ0n) is 15.6. The molecule has 2 aromatic carbocycles. The number of benzene rings is 2. The topological polar surface area (TPSA) is 105 Å². The van der Waals surface area contributed by atoms with E-state index in [4.69, 9.17) is 0 Å². The predicted molar refractivity (Wildman–Crippen MR) is 98.0 cm³/mol. The molecule has 1 heterocycles. The Bertz CT molecular complexity index is 943. The molecular formula is C16H20N5NaO4S. The molecule has 0 bridgehead atoms. The van der Waals surface area contributed by atoms with Crippen LogP contribution in [0.4, 0.5) is 5.69 Å². The van der Waals surface area contributed by atoms with Crippen molar-refractivity contribution in [3.63, 3.8) is 0 Å². The molecule has 1 aliphatic heterocycles. The van der Waals surface area contributed by atoms with Crippen molar-refractivity contribution in [3.8, 4) is 0 Å². The maximum atomic E-state index is 13.1. The van der Waals surface area contributed by atoms with E-state index in [1.54, 1.807) is 18.2 Å². The predicted octanol–water partition coefficient (Wildman–Crippen LogP) is -1.41. The number of hydrogen-bond donors (Lipinski definition) is 0. The van der Waals surface area contributed by atoms with Gasteiger partial charge in [0.1, 0.15) is 0 Å². The molecule has 0 N–H and O–H groups in total. The minimum absolute atomic E-state index is 0. The Kier molecular flexibility index (Phi) is 6.92. The monoisotopic (exact) mass is 401 g/mol. The van der Waals surface area contributed by atoms with Gasteiger partial charge in [0.05, 0.1) is 18.0 Å². The van der Waals surface area contributed by atoms with Gasteiger partial charge in [0.2, 0.25) is 10.0 Å². The van der Waals surface area contributed by atoms with Crippen molar-refractivity contribution < 1.29 is 42.9 Å². The van der Waals surface area contributed by atoms with Gasteiger partial charge in [0.25, 0.3) is 0 Å². The zero-order valence-corrected chi connectivity index (χ0v) is 18.4. The van der Waals surface area contributed by atoms with E-state index in [1.165, 1.54) is 9.31 Å². The molecule has 0 atom stereocenters. The summed E-state index contributed by atoms with van der Waals surface area (Å²) in [5, 5.41) is 26.6. The van der Waals surface area contributed by atoms with E-state index in [-0.39, 0.29) is 65.6 Å². The van der Waals surface area contributed by atoms with Crippen molar-refractivity contribution >= 4 is 26.5 Å². The van der Waals surface area contributed by atoms with Crippen LogP contribution in [0.1, 0.15) is 0 Å². The first-order valence-corrected chi connectivity index (χ1v) is 9.55. The van der Waals surface area contributed by atoms with Crippen molar-refractivity contribution in [3.05, 3.63) is 46.8 Å². The molecule has 0 saturated carbocycles. The summed E-state index contributed by atoms with van der Waals surface area (Å²) in [4.78, 5) is 2.14. The minimum atomic E-state index is -3.73. The Morgan fingerprint density at radius 2 is 1.63 bits per heavy atom. The maximum absolute atomic E-state index is 13.1. The van der Waals surface area contributed by atoms with Gasteiger partial charge in [-0.15, -0.1) is 5.01 Å². The van der Waals surface area contributed by atoms with Crippen LogP contribution >= 0.6 is 0 Å². The van der Waals surface area contributed by atoms with Gasteiger partial charge in [-0.3, -0.25) is 0 Å². The van der Waals surface area contributed by atoms with Crippen LogP contribution in [0.2, 0.25) is 0 Å². The second-order valence-corrected chi connectivity index (χ2v) is 8.12. The number of piperazine rings is 1. The molecule has 140 valence electrons. The SMILES string of the molecule is CN(C)c1cccc2c(S(=O)(=O)N3CCN(/[N+]([O-])=N/[O-])CC3)cccc12.[Na+]. The zero-order chi connectivity index (χ0) is 18.9. The Labute approximate surface area is 180 Å². The molecule has 0 radical (unpaired) electrons. The number of sulfonamides is 1. The molecule has 0 spiro atoms. The number of hydrazine groups is 1. The third-order valence-corrected chi connectivity index (χ3v) is 6.44. The van der Waals surface area contributed by atoms with Crippen molar-refractivity contribution in [2.24, 2.45) is 5.28 Å². The number of anilines is 1. The van der Waals surface area contributed by atoms with Crippen LogP contribution in [0, 0.1) is 10.4 Å². The van der Waals surface area contributed by atoms with Crippen LogP contribution in [0.15, 0.2) is 46.6 Å². The van der Waals surface area contributed by atoms with E-state index in [2.05, 4.69) is 5.28 Å². The molecule has 3 rings (SSSR count). The molecule has 0 unspecified atom stereocenters. The van der Waals surface area contributed by atoms with E-state index in [0.29, 0.717) is 5.39 Å². The fraction of sp³-hybridized carbons (Fsp3) is 0.375. The van der Waals surface area contributed by atoms with Crippen LogP contribution in [0.25, 0.3) is 10.8 Å². The van der Waals surface area contributed by atoms with Crippen molar-refractivity contribution in [2.75, 3.05) is 45.2 Å². The second kappa shape index (κ2) is 8.61. The summed E-state index contributed by atoms with van der Waals surface area (Å²) in [7, 11) is 0.0872. The number of nitrogens with zero attached hydrogens (tertiary/aromatic N) is 5. The fourth-order valence-corrected chi connectivity index (χ4v) is 4.79. The summed E-state index contributed by atoms with van der Waals surface area (Å²) < 4.78 is 27.6. The molecular weight excluding hydrogens is 381 g/mol. The normalized spacial score (nSPS) is 16.2. The Balaban J connectivity index is 0.00000261. The molecule has 0 amide bonds. The summed E-state index contributed by atoms with van der Waals surface area (Å²) in [6.45, 7) is 0.449. The van der Waals surface area contributed by atoms with Crippen LogP contribution in [0.3, 0.4) is 0 Å². The summed E-state index contributed by atoms with van der Waals surface area (Å²) >= 11 is 0. The maximum Gasteiger partial charge on any atom is 1.00 e. The third-order valence-electron chi connectivity index (χ3n) is 4.49. The minimum Gasteiger partial charge on any atom is -0.737 e. The summed E-state index contributed by atoms with van der Waals surface area (Å²) in [5.41, 5.74) is 0.934. The smallest absolute Gasteiger partial charge is 0.737 e. The first-order chi connectivity index (χ1) is 12.4. The van der Waals surface area contributed by atoms with Gasteiger partial charge in [-0.1, -0.05) is 24.3 Å². The largest absolute Gasteiger partial charge is 1.00 e. The first kappa shape index (κ1) is 21.7. The fourth-order valence-electron chi connectivity index (χ4n) is 3.16. The van der Waals surface area contributed by atoms with Gasteiger partial charge in [0.15, 0.2) is 0 Å². The van der Waals surface area contributed by atoms with E-state index in [1.807, 2.05) is 37.2 Å². The summed E-state index contributed by atoms with van der Waals surface area (Å²) in [5.74, 6) is 0. The molecule has 11 heteroatoms. The number of hydrogen-bond acceptors (Lipinski definition) is 6. The quantitative estimate of drug-likeness (QED) is 0.270. The van der Waals surface area contributed by atoms with Gasteiger partial charge in [-0.05, 0) is 17.4 Å². The average molecular weight is 401 g/mol. The second-order valence-electron chi connectivity index (χ2n) is 6.21. The first-order valence-electron chi connectivity index (χ1n) is 8.11. The molecule has 27 heavy (non-hydrogen) atoms. The average Bonchev–Trinajstić information content (AvgIpc) is 2.66. The molecule has 1 aliphatic rings. The van der Waals surface area contributed by atoms with Gasteiger partial charge < -0.3 is 15.3 Å². The van der Waals surface area contributed by atoms with Crippen molar-refractivity contribution in [1.29, 1.82) is 0 Å². The Morgan fingerprint density at radius 1 is 1.04 bits per heavy atom. The van der Waals surface area contributed by atoms with Gasteiger partial charge in [-0.25, -0.2) is 8.42 Å². The van der Waals surface area contributed by atoms with Crippen LogP contribution in [-0.2, 0) is 10.0 Å². The number of rotatable bonds is 4. The molecule has 0 aliphatic carbocycles. The van der Waals surface area contributed by atoms with E-state index < -0.39 is 10.0 Å². The Morgan fingerprint density at radius 3 is 2.22 bits per heavy atom. The summed E-state index contributed by atoms with van der Waals surface area (Å²) in [6, 6.07) is 10.8. The summed E-state index contributed by atoms with van der Waals surface area (Å²) in [6.07, 6.45) is 0.